The Labute approximate surface area is 106 Å². The lowest BCUT2D eigenvalue weighted by molar-refractivity contribution is 0.0695. The minimum Gasteiger partial charge on any atom is -0.478 e. The van der Waals surface area contributed by atoms with Gasteiger partial charge in [-0.15, -0.1) is 0 Å². The lowest BCUT2D eigenvalue weighted by atomic mass is 10.0. The van der Waals surface area contributed by atoms with Crippen molar-refractivity contribution in [3.05, 3.63) is 27.2 Å². The molecule has 0 fully saturated rings. The van der Waals surface area contributed by atoms with Gasteiger partial charge >= 0.3 is 5.97 Å². The number of carbonyl (C=O) groups is 1. The second kappa shape index (κ2) is 4.35. The Bertz CT molecular complexity index is 565. The summed E-state index contributed by atoms with van der Waals surface area (Å²) >= 11 is 3.11. The Morgan fingerprint density at radius 3 is 2.25 bits per heavy atom. The van der Waals surface area contributed by atoms with Gasteiger partial charge in [0, 0.05) is 15.2 Å². The van der Waals surface area contributed by atoms with E-state index in [1.165, 1.54) is 13.0 Å². The van der Waals surface area contributed by atoms with Crippen LogP contribution < -0.4 is 0 Å². The quantitative estimate of drug-likeness (QED) is 0.848. The highest BCUT2D eigenvalue weighted by atomic mass is 79.9. The van der Waals surface area contributed by atoms with Crippen LogP contribution in [0.5, 0.6) is 0 Å². The summed E-state index contributed by atoms with van der Waals surface area (Å²) in [5.74, 6) is -1.18. The Balaban J connectivity index is 3.78. The SMILES string of the molecule is Cc1c(Br)cc(S(=O)(=O)Cl)c(C)c1C(=O)O. The van der Waals surface area contributed by atoms with Crippen molar-refractivity contribution in [3.63, 3.8) is 0 Å². The van der Waals surface area contributed by atoms with Crippen molar-refractivity contribution in [1.82, 2.24) is 0 Å². The standard InChI is InChI=1S/C9H8BrClO4S/c1-4-6(10)3-7(16(11,14)15)5(2)8(4)9(12)13/h3H,1-2H3,(H,12,13). The summed E-state index contributed by atoms with van der Waals surface area (Å²) < 4.78 is 22.9. The van der Waals surface area contributed by atoms with E-state index < -0.39 is 15.0 Å². The van der Waals surface area contributed by atoms with Gasteiger partial charge in [-0.3, -0.25) is 0 Å². The zero-order chi connectivity index (χ0) is 12.7. The van der Waals surface area contributed by atoms with E-state index >= 15 is 0 Å². The molecule has 1 N–H and O–H groups in total. The molecule has 1 aromatic carbocycles. The molecule has 1 rings (SSSR count). The van der Waals surface area contributed by atoms with Crippen molar-refractivity contribution < 1.29 is 18.3 Å². The van der Waals surface area contributed by atoms with Gasteiger partial charge < -0.3 is 5.11 Å². The average molecular weight is 328 g/mol. The lowest BCUT2D eigenvalue weighted by Gasteiger charge is -2.11. The first kappa shape index (κ1) is 13.5. The van der Waals surface area contributed by atoms with Crippen LogP contribution in [0.1, 0.15) is 21.5 Å². The third-order valence-electron chi connectivity index (χ3n) is 2.21. The highest BCUT2D eigenvalue weighted by Crippen LogP contribution is 2.30. The van der Waals surface area contributed by atoms with Crippen molar-refractivity contribution in [2.45, 2.75) is 18.7 Å². The molecule has 0 amide bonds. The summed E-state index contributed by atoms with van der Waals surface area (Å²) in [5, 5.41) is 9.00. The molecule has 0 aliphatic heterocycles. The molecule has 0 bridgehead atoms. The zero-order valence-electron chi connectivity index (χ0n) is 8.41. The first-order chi connectivity index (χ1) is 7.16. The number of benzene rings is 1. The molecule has 0 aromatic heterocycles. The third-order valence-corrected chi connectivity index (χ3v) is 4.48. The van der Waals surface area contributed by atoms with Crippen LogP contribution in [0.25, 0.3) is 0 Å². The van der Waals surface area contributed by atoms with Crippen molar-refractivity contribution in [2.24, 2.45) is 0 Å². The van der Waals surface area contributed by atoms with E-state index in [4.69, 9.17) is 15.8 Å². The minimum absolute atomic E-state index is 0.0476. The molecule has 0 heterocycles. The molecule has 0 saturated heterocycles. The Morgan fingerprint density at radius 2 is 1.88 bits per heavy atom. The summed E-state index contributed by atoms with van der Waals surface area (Å²) in [5.41, 5.74) is 0.561. The van der Waals surface area contributed by atoms with Crippen LogP contribution in [-0.2, 0) is 9.05 Å². The molecule has 0 unspecified atom stereocenters. The van der Waals surface area contributed by atoms with Gasteiger partial charge in [0.2, 0.25) is 0 Å². The van der Waals surface area contributed by atoms with Gasteiger partial charge in [-0.1, -0.05) is 15.9 Å². The molecular weight excluding hydrogens is 320 g/mol. The molecule has 0 atom stereocenters. The number of aromatic carboxylic acids is 1. The molecule has 88 valence electrons. The smallest absolute Gasteiger partial charge is 0.336 e. The van der Waals surface area contributed by atoms with Crippen LogP contribution in [0.15, 0.2) is 15.4 Å². The van der Waals surface area contributed by atoms with E-state index in [2.05, 4.69) is 15.9 Å². The van der Waals surface area contributed by atoms with E-state index in [9.17, 15) is 13.2 Å². The first-order valence-electron chi connectivity index (χ1n) is 4.14. The molecule has 0 spiro atoms. The molecule has 7 heteroatoms. The number of hydrogen-bond acceptors (Lipinski definition) is 3. The Hall–Kier alpha value is -0.590. The van der Waals surface area contributed by atoms with Gasteiger partial charge in [-0.05, 0) is 31.0 Å². The average Bonchev–Trinajstić information content (AvgIpc) is 2.09. The fraction of sp³-hybridized carbons (Fsp3) is 0.222. The summed E-state index contributed by atoms with van der Waals surface area (Å²) in [6, 6.07) is 1.30. The van der Waals surface area contributed by atoms with Crippen LogP contribution in [0, 0.1) is 13.8 Å². The number of carboxylic acids is 1. The second-order valence-corrected chi connectivity index (χ2v) is 6.61. The van der Waals surface area contributed by atoms with Gasteiger partial charge in [0.1, 0.15) is 0 Å². The molecule has 0 aliphatic carbocycles. The van der Waals surface area contributed by atoms with Crippen LogP contribution in [0.3, 0.4) is 0 Å². The fourth-order valence-corrected chi connectivity index (χ4v) is 3.22. The minimum atomic E-state index is -3.95. The molecule has 0 radical (unpaired) electrons. The van der Waals surface area contributed by atoms with E-state index in [1.54, 1.807) is 6.92 Å². The van der Waals surface area contributed by atoms with Crippen LogP contribution in [-0.4, -0.2) is 19.5 Å². The maximum absolute atomic E-state index is 11.2. The summed E-state index contributed by atoms with van der Waals surface area (Å²) in [6.45, 7) is 3.00. The molecule has 16 heavy (non-hydrogen) atoms. The monoisotopic (exact) mass is 326 g/mol. The van der Waals surface area contributed by atoms with Gasteiger partial charge in [-0.2, -0.15) is 0 Å². The maximum atomic E-state index is 11.2. The molecule has 1 aromatic rings. The highest BCUT2D eigenvalue weighted by Gasteiger charge is 2.22. The van der Waals surface area contributed by atoms with Gasteiger partial charge in [0.15, 0.2) is 0 Å². The van der Waals surface area contributed by atoms with E-state index in [0.717, 1.165) is 0 Å². The molecule has 0 saturated carbocycles. The maximum Gasteiger partial charge on any atom is 0.336 e. The Morgan fingerprint density at radius 1 is 1.38 bits per heavy atom. The molecule has 4 nitrogen and oxygen atoms in total. The highest BCUT2D eigenvalue weighted by molar-refractivity contribution is 9.10. The first-order valence-corrected chi connectivity index (χ1v) is 7.24. The van der Waals surface area contributed by atoms with Gasteiger partial charge in [0.05, 0.1) is 10.5 Å². The van der Waals surface area contributed by atoms with E-state index in [-0.39, 0.29) is 16.0 Å². The number of carboxylic acid groups (broad SMARTS) is 1. The van der Waals surface area contributed by atoms with Crippen molar-refractivity contribution in [1.29, 1.82) is 0 Å². The van der Waals surface area contributed by atoms with E-state index in [0.29, 0.717) is 10.0 Å². The summed E-state index contributed by atoms with van der Waals surface area (Å²) in [6.07, 6.45) is 0. The van der Waals surface area contributed by atoms with E-state index in [1.807, 2.05) is 0 Å². The van der Waals surface area contributed by atoms with Crippen molar-refractivity contribution in [3.8, 4) is 0 Å². The molecule has 0 aliphatic rings. The van der Waals surface area contributed by atoms with Crippen LogP contribution in [0.4, 0.5) is 0 Å². The number of hydrogen-bond donors (Lipinski definition) is 1. The summed E-state index contributed by atoms with van der Waals surface area (Å²) in [4.78, 5) is 10.8. The number of halogens is 2. The second-order valence-electron chi connectivity index (χ2n) is 3.22. The largest absolute Gasteiger partial charge is 0.478 e. The van der Waals surface area contributed by atoms with Crippen molar-refractivity contribution in [2.75, 3.05) is 0 Å². The van der Waals surface area contributed by atoms with Crippen molar-refractivity contribution >= 4 is 41.6 Å². The third kappa shape index (κ3) is 2.39. The van der Waals surface area contributed by atoms with Crippen LogP contribution in [0.2, 0.25) is 0 Å². The predicted octanol–water partition coefficient (Wildman–Crippen LogP) is 2.69. The predicted molar refractivity (Wildman–Crippen MR) is 63.6 cm³/mol. The lowest BCUT2D eigenvalue weighted by Crippen LogP contribution is -2.08. The van der Waals surface area contributed by atoms with Crippen LogP contribution >= 0.6 is 26.6 Å². The van der Waals surface area contributed by atoms with Gasteiger partial charge in [-0.25, -0.2) is 13.2 Å². The topological polar surface area (TPSA) is 71.4 Å². The van der Waals surface area contributed by atoms with Gasteiger partial charge in [0.25, 0.3) is 9.05 Å². The Kier molecular flexibility index (Phi) is 3.66. The fourth-order valence-electron chi connectivity index (χ4n) is 1.43. The summed E-state index contributed by atoms with van der Waals surface area (Å²) in [7, 11) is 1.27. The number of rotatable bonds is 2. The zero-order valence-corrected chi connectivity index (χ0v) is 11.6. The normalized spacial score (nSPS) is 11.5. The molecular formula is C9H8BrClO4S.